The molecule has 1 unspecified atom stereocenters. The van der Waals surface area contributed by atoms with Crippen molar-refractivity contribution in [2.75, 3.05) is 13.2 Å². The highest BCUT2D eigenvalue weighted by molar-refractivity contribution is 9.10. The maximum atomic E-state index is 6.27. The van der Waals surface area contributed by atoms with Crippen LogP contribution in [0.4, 0.5) is 0 Å². The maximum absolute atomic E-state index is 6.27. The van der Waals surface area contributed by atoms with Gasteiger partial charge in [-0.3, -0.25) is 0 Å². The summed E-state index contributed by atoms with van der Waals surface area (Å²) in [6, 6.07) is 8.22. The van der Waals surface area contributed by atoms with Gasteiger partial charge in [-0.1, -0.05) is 24.6 Å². The molecule has 0 radical (unpaired) electrons. The molecule has 2 rings (SSSR count). The Morgan fingerprint density at radius 3 is 2.70 bits per heavy atom. The van der Waals surface area contributed by atoms with E-state index in [1.165, 1.54) is 5.56 Å². The van der Waals surface area contributed by atoms with Crippen LogP contribution in [0.2, 0.25) is 5.02 Å². The number of nitrogens with one attached hydrogen (secondary N) is 1. The fourth-order valence-electron chi connectivity index (χ4n) is 2.05. The molecule has 1 atom stereocenters. The van der Waals surface area contributed by atoms with Gasteiger partial charge in [0.2, 0.25) is 0 Å². The van der Waals surface area contributed by atoms with Gasteiger partial charge in [0.1, 0.15) is 5.75 Å². The van der Waals surface area contributed by atoms with Crippen molar-refractivity contribution in [2.24, 2.45) is 0 Å². The quantitative estimate of drug-likeness (QED) is 0.744. The van der Waals surface area contributed by atoms with Crippen LogP contribution in [0.5, 0.6) is 5.75 Å². The molecule has 2 nitrogen and oxygen atoms in total. The lowest BCUT2D eigenvalue weighted by Gasteiger charge is -2.19. The summed E-state index contributed by atoms with van der Waals surface area (Å²) in [5.74, 6) is 0.865. The van der Waals surface area contributed by atoms with Crippen LogP contribution in [0.25, 0.3) is 0 Å². The molecule has 0 saturated heterocycles. The summed E-state index contributed by atoms with van der Waals surface area (Å²) in [5.41, 5.74) is 1.17. The maximum Gasteiger partial charge on any atom is 0.133 e. The Morgan fingerprint density at radius 2 is 2.15 bits per heavy atom. The zero-order chi connectivity index (χ0) is 14.5. The van der Waals surface area contributed by atoms with Crippen LogP contribution in [0.3, 0.4) is 0 Å². The first-order valence-corrected chi connectivity index (χ1v) is 8.61. The smallest absolute Gasteiger partial charge is 0.133 e. The van der Waals surface area contributed by atoms with E-state index in [1.54, 1.807) is 11.3 Å². The Labute approximate surface area is 137 Å². The van der Waals surface area contributed by atoms with Gasteiger partial charge in [-0.15, -0.1) is 11.3 Å². The molecule has 1 aromatic heterocycles. The largest absolute Gasteiger partial charge is 0.493 e. The number of ether oxygens (including phenoxy) is 1. The molecule has 0 saturated carbocycles. The summed E-state index contributed by atoms with van der Waals surface area (Å²) in [6.45, 7) is 5.61. The summed E-state index contributed by atoms with van der Waals surface area (Å²) in [7, 11) is 0. The van der Waals surface area contributed by atoms with Gasteiger partial charge < -0.3 is 10.1 Å². The van der Waals surface area contributed by atoms with Crippen LogP contribution < -0.4 is 10.1 Å². The SMILES string of the molecule is CCNC(c1ccc(OCC)c(Br)c1)c1sccc1Cl. The predicted molar refractivity (Wildman–Crippen MR) is 90.2 cm³/mol. The normalized spacial score (nSPS) is 12.4. The molecule has 0 aliphatic carbocycles. The Morgan fingerprint density at radius 1 is 1.35 bits per heavy atom. The van der Waals surface area contributed by atoms with Gasteiger partial charge in [0, 0.05) is 4.88 Å². The van der Waals surface area contributed by atoms with Crippen molar-refractivity contribution in [1.29, 1.82) is 0 Å². The molecule has 5 heteroatoms. The van der Waals surface area contributed by atoms with E-state index in [0.717, 1.165) is 26.7 Å². The Balaban J connectivity index is 2.35. The molecular formula is C15H17BrClNOS. The van der Waals surface area contributed by atoms with Crippen LogP contribution >= 0.6 is 38.9 Å². The van der Waals surface area contributed by atoms with Crippen LogP contribution in [-0.2, 0) is 0 Å². The molecule has 0 aliphatic heterocycles. The van der Waals surface area contributed by atoms with Gasteiger partial charge in [-0.25, -0.2) is 0 Å². The van der Waals surface area contributed by atoms with Crippen molar-refractivity contribution in [3.8, 4) is 5.75 Å². The van der Waals surface area contributed by atoms with E-state index in [-0.39, 0.29) is 6.04 Å². The van der Waals surface area contributed by atoms with Crippen molar-refractivity contribution in [3.05, 3.63) is 49.6 Å². The van der Waals surface area contributed by atoms with Gasteiger partial charge in [0.25, 0.3) is 0 Å². The molecule has 0 amide bonds. The number of thiophene rings is 1. The summed E-state index contributed by atoms with van der Waals surface area (Å²) < 4.78 is 6.52. The first-order chi connectivity index (χ1) is 9.67. The average Bonchev–Trinajstić information content (AvgIpc) is 2.85. The molecule has 108 valence electrons. The molecule has 1 aromatic carbocycles. The number of benzene rings is 1. The molecule has 2 aromatic rings. The molecule has 0 spiro atoms. The van der Waals surface area contributed by atoms with E-state index < -0.39 is 0 Å². The van der Waals surface area contributed by atoms with Gasteiger partial charge >= 0.3 is 0 Å². The highest BCUT2D eigenvalue weighted by atomic mass is 79.9. The lowest BCUT2D eigenvalue weighted by molar-refractivity contribution is 0.338. The van der Waals surface area contributed by atoms with Crippen LogP contribution in [0.1, 0.15) is 30.3 Å². The zero-order valence-electron chi connectivity index (χ0n) is 11.5. The minimum absolute atomic E-state index is 0.111. The number of rotatable bonds is 6. The molecule has 0 bridgehead atoms. The molecule has 0 aliphatic rings. The minimum Gasteiger partial charge on any atom is -0.493 e. The molecule has 20 heavy (non-hydrogen) atoms. The monoisotopic (exact) mass is 373 g/mol. The van der Waals surface area contributed by atoms with Crippen molar-refractivity contribution in [1.82, 2.24) is 5.32 Å². The van der Waals surface area contributed by atoms with Crippen molar-refractivity contribution in [3.63, 3.8) is 0 Å². The third-order valence-corrected chi connectivity index (χ3v) is 4.95. The minimum atomic E-state index is 0.111. The van der Waals surface area contributed by atoms with E-state index in [9.17, 15) is 0 Å². The standard InChI is InChI=1S/C15H17BrClNOS/c1-3-18-14(15-12(17)7-8-20-15)10-5-6-13(19-4-2)11(16)9-10/h5-9,14,18H,3-4H2,1-2H3. The van der Waals surface area contributed by atoms with Crippen molar-refractivity contribution < 1.29 is 4.74 Å². The van der Waals surface area contributed by atoms with E-state index in [1.807, 2.05) is 24.4 Å². The van der Waals surface area contributed by atoms with Gasteiger partial charge in [-0.05, 0) is 58.5 Å². The van der Waals surface area contributed by atoms with Crippen LogP contribution in [0, 0.1) is 0 Å². The second-order valence-electron chi connectivity index (χ2n) is 4.25. The van der Waals surface area contributed by atoms with E-state index in [0.29, 0.717) is 6.61 Å². The Kier molecular flexibility index (Phi) is 5.90. The van der Waals surface area contributed by atoms with E-state index >= 15 is 0 Å². The predicted octanol–water partition coefficient (Wildman–Crippen LogP) is 5.26. The Hall–Kier alpha value is -0.550. The molecule has 0 fully saturated rings. The third kappa shape index (κ3) is 3.55. The molecular weight excluding hydrogens is 358 g/mol. The highest BCUT2D eigenvalue weighted by Gasteiger charge is 2.18. The van der Waals surface area contributed by atoms with E-state index in [2.05, 4.69) is 40.3 Å². The van der Waals surface area contributed by atoms with Gasteiger partial charge in [0.05, 0.1) is 22.1 Å². The van der Waals surface area contributed by atoms with Crippen molar-refractivity contribution >= 4 is 38.9 Å². The summed E-state index contributed by atoms with van der Waals surface area (Å²) in [4.78, 5) is 1.14. The average molecular weight is 375 g/mol. The second kappa shape index (κ2) is 7.46. The first-order valence-electron chi connectivity index (χ1n) is 6.55. The Bertz CT molecular complexity index is 573. The van der Waals surface area contributed by atoms with Gasteiger partial charge in [0.15, 0.2) is 0 Å². The molecule has 1 heterocycles. The fourth-order valence-corrected chi connectivity index (χ4v) is 3.82. The topological polar surface area (TPSA) is 21.3 Å². The number of halogens is 2. The van der Waals surface area contributed by atoms with Crippen LogP contribution in [0.15, 0.2) is 34.1 Å². The lowest BCUT2D eigenvalue weighted by atomic mass is 10.1. The zero-order valence-corrected chi connectivity index (χ0v) is 14.6. The third-order valence-electron chi connectivity index (χ3n) is 2.90. The van der Waals surface area contributed by atoms with E-state index in [4.69, 9.17) is 16.3 Å². The summed E-state index contributed by atoms with van der Waals surface area (Å²) >= 11 is 11.5. The van der Waals surface area contributed by atoms with Crippen LogP contribution in [-0.4, -0.2) is 13.2 Å². The second-order valence-corrected chi connectivity index (χ2v) is 6.46. The molecule has 1 N–H and O–H groups in total. The lowest BCUT2D eigenvalue weighted by Crippen LogP contribution is -2.21. The highest BCUT2D eigenvalue weighted by Crippen LogP contribution is 2.35. The summed E-state index contributed by atoms with van der Waals surface area (Å²) in [6.07, 6.45) is 0. The number of hydrogen-bond donors (Lipinski definition) is 1. The van der Waals surface area contributed by atoms with Crippen molar-refractivity contribution in [2.45, 2.75) is 19.9 Å². The first kappa shape index (κ1) is 15.8. The number of hydrogen-bond acceptors (Lipinski definition) is 3. The summed E-state index contributed by atoms with van der Waals surface area (Å²) in [5, 5.41) is 6.32. The fraction of sp³-hybridized carbons (Fsp3) is 0.333. The van der Waals surface area contributed by atoms with Gasteiger partial charge in [-0.2, -0.15) is 0 Å².